The van der Waals surface area contributed by atoms with Crippen molar-refractivity contribution in [3.63, 3.8) is 0 Å². The van der Waals surface area contributed by atoms with Gasteiger partial charge in [0.1, 0.15) is 12.1 Å². The summed E-state index contributed by atoms with van der Waals surface area (Å²) in [4.78, 5) is 21.2. The number of benzene rings is 1. The van der Waals surface area contributed by atoms with E-state index < -0.39 is 6.10 Å². The first kappa shape index (κ1) is 20.6. The predicted octanol–water partition coefficient (Wildman–Crippen LogP) is 2.73. The highest BCUT2D eigenvalue weighted by atomic mass is 16.5. The van der Waals surface area contributed by atoms with Crippen molar-refractivity contribution in [1.29, 1.82) is 0 Å². The lowest BCUT2D eigenvalue weighted by atomic mass is 9.77. The second-order valence-corrected chi connectivity index (χ2v) is 9.78. The van der Waals surface area contributed by atoms with E-state index in [-0.39, 0.29) is 5.97 Å². The van der Waals surface area contributed by atoms with Gasteiger partial charge >= 0.3 is 5.97 Å². The molecule has 0 radical (unpaired) electrons. The Balaban J connectivity index is 1.10. The third kappa shape index (κ3) is 3.48. The van der Waals surface area contributed by atoms with Gasteiger partial charge in [-0.3, -0.25) is 0 Å². The van der Waals surface area contributed by atoms with E-state index in [4.69, 9.17) is 4.74 Å². The minimum Gasteiger partial charge on any atom is -0.457 e. The molecule has 0 amide bonds. The van der Waals surface area contributed by atoms with Gasteiger partial charge < -0.3 is 19.6 Å². The number of cyclic esters (lactones) is 1. The molecule has 8 nitrogen and oxygen atoms in total. The van der Waals surface area contributed by atoms with Crippen LogP contribution in [0.1, 0.15) is 52.4 Å². The summed E-state index contributed by atoms with van der Waals surface area (Å²) in [6.07, 6.45) is 8.41. The molecule has 1 N–H and O–H groups in total. The fourth-order valence-corrected chi connectivity index (χ4v) is 5.89. The minimum absolute atomic E-state index is 0.263. The molecule has 2 aromatic heterocycles. The van der Waals surface area contributed by atoms with E-state index in [1.165, 1.54) is 6.42 Å². The van der Waals surface area contributed by atoms with Gasteiger partial charge in [-0.1, -0.05) is 6.07 Å². The third-order valence-corrected chi connectivity index (χ3v) is 7.96. The van der Waals surface area contributed by atoms with Gasteiger partial charge in [0.15, 0.2) is 5.82 Å². The Morgan fingerprint density at radius 1 is 1.15 bits per heavy atom. The molecule has 1 atom stereocenters. The van der Waals surface area contributed by atoms with Crippen molar-refractivity contribution in [3.8, 4) is 0 Å². The highest BCUT2D eigenvalue weighted by Gasteiger charge is 2.41. The number of rotatable bonds is 4. The molecular weight excluding hydrogens is 418 g/mol. The Hall–Kier alpha value is -2.97. The van der Waals surface area contributed by atoms with Crippen LogP contribution in [0.2, 0.25) is 0 Å². The lowest BCUT2D eigenvalue weighted by Crippen LogP contribution is -2.43. The molecule has 0 saturated carbocycles. The van der Waals surface area contributed by atoms with Gasteiger partial charge in [-0.05, 0) is 68.0 Å². The van der Waals surface area contributed by atoms with Gasteiger partial charge in [-0.2, -0.15) is 5.10 Å². The zero-order valence-electron chi connectivity index (χ0n) is 18.9. The van der Waals surface area contributed by atoms with Gasteiger partial charge in [0.2, 0.25) is 0 Å². The summed E-state index contributed by atoms with van der Waals surface area (Å²) >= 11 is 0. The van der Waals surface area contributed by atoms with Crippen molar-refractivity contribution >= 4 is 17.3 Å². The molecule has 6 rings (SSSR count). The number of ether oxygens (including phenoxy) is 1. The van der Waals surface area contributed by atoms with Gasteiger partial charge in [-0.15, -0.1) is 0 Å². The standard InChI is InChI=1S/C25H29N5O3/c1-17-18(2-3-19-20(17)15-33-24(19)32)22(31)14-28-10-5-25(6-11-28)7-12-29(16-25)23-21-4-8-27-30(21)13-9-26-23/h2-4,8-9,13,22,31H,5-7,10-12,14-16H2,1H3. The number of esters is 1. The van der Waals surface area contributed by atoms with Crippen LogP contribution in [-0.4, -0.2) is 63.3 Å². The number of carbonyl (C=O) groups is 1. The Labute approximate surface area is 192 Å². The Kier molecular flexibility index (Phi) is 4.88. The maximum Gasteiger partial charge on any atom is 0.338 e. The predicted molar refractivity (Wildman–Crippen MR) is 123 cm³/mol. The molecule has 5 heterocycles. The molecule has 33 heavy (non-hydrogen) atoms. The fraction of sp³-hybridized carbons (Fsp3) is 0.480. The van der Waals surface area contributed by atoms with Crippen molar-refractivity contribution in [2.75, 3.05) is 37.6 Å². The number of likely N-dealkylation sites (tertiary alicyclic amines) is 1. The smallest absolute Gasteiger partial charge is 0.338 e. The summed E-state index contributed by atoms with van der Waals surface area (Å²) in [7, 11) is 0. The van der Waals surface area contributed by atoms with Crippen LogP contribution in [0.25, 0.3) is 5.52 Å². The number of piperidine rings is 1. The van der Waals surface area contributed by atoms with Crippen molar-refractivity contribution in [1.82, 2.24) is 19.5 Å². The lowest BCUT2D eigenvalue weighted by molar-refractivity contribution is 0.0534. The summed E-state index contributed by atoms with van der Waals surface area (Å²) in [6.45, 7) is 6.93. The Morgan fingerprint density at radius 3 is 2.82 bits per heavy atom. The normalized spacial score (nSPS) is 21.0. The molecule has 1 spiro atoms. The zero-order valence-corrected chi connectivity index (χ0v) is 18.9. The van der Waals surface area contributed by atoms with Crippen LogP contribution in [0.3, 0.4) is 0 Å². The quantitative estimate of drug-likeness (QED) is 0.616. The third-order valence-electron chi connectivity index (χ3n) is 7.96. The SMILES string of the molecule is Cc1c(C(O)CN2CCC3(CC2)CCN(c2nccn4nccc24)C3)ccc2c1COC2=O. The van der Waals surface area contributed by atoms with Gasteiger partial charge in [0, 0.05) is 37.6 Å². The highest BCUT2D eigenvalue weighted by molar-refractivity contribution is 5.93. The number of fused-ring (bicyclic) bond motifs is 2. The molecule has 3 aliphatic heterocycles. The molecule has 0 aliphatic carbocycles. The largest absolute Gasteiger partial charge is 0.457 e. The van der Waals surface area contributed by atoms with Crippen LogP contribution in [0.5, 0.6) is 0 Å². The number of aliphatic hydroxyl groups excluding tert-OH is 1. The number of anilines is 1. The second kappa shape index (κ2) is 7.81. The van der Waals surface area contributed by atoms with Crippen molar-refractivity contribution < 1.29 is 14.6 Å². The molecule has 2 fully saturated rings. The van der Waals surface area contributed by atoms with Crippen molar-refractivity contribution in [3.05, 3.63) is 59.0 Å². The molecular formula is C25H29N5O3. The second-order valence-electron chi connectivity index (χ2n) is 9.78. The number of aliphatic hydroxyl groups is 1. The van der Waals surface area contributed by atoms with Crippen LogP contribution in [0.15, 0.2) is 36.8 Å². The first-order valence-electron chi connectivity index (χ1n) is 11.8. The van der Waals surface area contributed by atoms with E-state index in [1.807, 2.05) is 42.2 Å². The van der Waals surface area contributed by atoms with Crippen LogP contribution < -0.4 is 4.90 Å². The summed E-state index contributed by atoms with van der Waals surface area (Å²) in [5, 5.41) is 15.3. The lowest BCUT2D eigenvalue weighted by Gasteiger charge is -2.40. The molecule has 2 saturated heterocycles. The molecule has 0 bridgehead atoms. The number of β-amino-alcohol motifs (C(OH)–C–C–N with tert-alkyl or cyclic N) is 1. The fourth-order valence-electron chi connectivity index (χ4n) is 5.89. The van der Waals surface area contributed by atoms with E-state index in [9.17, 15) is 9.90 Å². The van der Waals surface area contributed by atoms with Crippen LogP contribution >= 0.6 is 0 Å². The molecule has 1 unspecified atom stereocenters. The van der Waals surface area contributed by atoms with E-state index in [2.05, 4.69) is 19.9 Å². The van der Waals surface area contributed by atoms with E-state index in [0.29, 0.717) is 24.1 Å². The molecule has 3 aliphatic rings. The average Bonchev–Trinajstić information content (AvgIpc) is 3.55. The zero-order chi connectivity index (χ0) is 22.6. The first-order valence-corrected chi connectivity index (χ1v) is 11.8. The molecule has 3 aromatic rings. The van der Waals surface area contributed by atoms with Crippen LogP contribution in [0.4, 0.5) is 5.82 Å². The summed E-state index contributed by atoms with van der Waals surface area (Å²) in [5.74, 6) is 0.764. The molecule has 8 heteroatoms. The van der Waals surface area contributed by atoms with E-state index in [0.717, 1.165) is 67.0 Å². The topological polar surface area (TPSA) is 83.2 Å². The van der Waals surface area contributed by atoms with Gasteiger partial charge in [-0.25, -0.2) is 14.3 Å². The van der Waals surface area contributed by atoms with Crippen LogP contribution in [0, 0.1) is 12.3 Å². The monoisotopic (exact) mass is 447 g/mol. The summed E-state index contributed by atoms with van der Waals surface area (Å²) < 4.78 is 7.05. The number of aromatic nitrogens is 3. The summed E-state index contributed by atoms with van der Waals surface area (Å²) in [5.41, 5.74) is 4.81. The highest BCUT2D eigenvalue weighted by Crippen LogP contribution is 2.42. The molecule has 172 valence electrons. The van der Waals surface area contributed by atoms with Gasteiger partial charge in [0.25, 0.3) is 0 Å². The van der Waals surface area contributed by atoms with E-state index >= 15 is 0 Å². The molecule has 1 aromatic carbocycles. The van der Waals surface area contributed by atoms with Gasteiger partial charge in [0.05, 0.1) is 17.9 Å². The Morgan fingerprint density at radius 2 is 1.97 bits per heavy atom. The van der Waals surface area contributed by atoms with Crippen molar-refractivity contribution in [2.24, 2.45) is 5.41 Å². The van der Waals surface area contributed by atoms with Crippen LogP contribution in [-0.2, 0) is 11.3 Å². The maximum absolute atomic E-state index is 11.8. The summed E-state index contributed by atoms with van der Waals surface area (Å²) in [6, 6.07) is 5.71. The number of carbonyl (C=O) groups excluding carboxylic acids is 1. The van der Waals surface area contributed by atoms with Crippen molar-refractivity contribution in [2.45, 2.75) is 38.9 Å². The van der Waals surface area contributed by atoms with E-state index in [1.54, 1.807) is 6.07 Å². The number of hydrogen-bond donors (Lipinski definition) is 1. The maximum atomic E-state index is 11.8. The number of nitrogens with zero attached hydrogens (tertiary/aromatic N) is 5. The Bertz CT molecular complexity index is 1210. The first-order chi connectivity index (χ1) is 16.0. The average molecular weight is 448 g/mol. The number of hydrogen-bond acceptors (Lipinski definition) is 7. The minimum atomic E-state index is -0.566.